The minimum atomic E-state index is -0.0249. The van der Waals surface area contributed by atoms with Crippen LogP contribution in [0.15, 0.2) is 28.7 Å². The third kappa shape index (κ3) is 2.26. The van der Waals surface area contributed by atoms with Crippen LogP contribution in [0, 0.1) is 0 Å². The molecule has 0 aliphatic carbocycles. The Kier molecular flexibility index (Phi) is 3.58. The number of hydrogen-bond acceptors (Lipinski definition) is 4. The maximum Gasteiger partial charge on any atom is 0.273 e. The molecule has 0 radical (unpaired) electrons. The molecule has 1 aromatic heterocycles. The Balaban J connectivity index is 2.50. The van der Waals surface area contributed by atoms with Gasteiger partial charge in [-0.3, -0.25) is 0 Å². The van der Waals surface area contributed by atoms with Crippen LogP contribution in [-0.4, -0.2) is 17.2 Å². The highest BCUT2D eigenvalue weighted by atomic mass is 79.9. The van der Waals surface area contributed by atoms with Crippen molar-refractivity contribution in [3.63, 3.8) is 0 Å². The Labute approximate surface area is 106 Å². The number of ether oxygens (including phenoxy) is 1. The molecule has 2 rings (SSSR count). The molecular weight excluding hydrogens is 290 g/mol. The molecule has 2 aromatic rings. The summed E-state index contributed by atoms with van der Waals surface area (Å²) in [6.45, 7) is -0.0249. The molecule has 0 fully saturated rings. The van der Waals surface area contributed by atoms with Gasteiger partial charge in [0.2, 0.25) is 0 Å². The van der Waals surface area contributed by atoms with Crippen molar-refractivity contribution in [2.24, 2.45) is 0 Å². The van der Waals surface area contributed by atoms with Gasteiger partial charge < -0.3 is 9.84 Å². The Morgan fingerprint density at radius 2 is 2.31 bits per heavy atom. The summed E-state index contributed by atoms with van der Waals surface area (Å²) in [6, 6.07) is 7.81. The van der Waals surface area contributed by atoms with E-state index in [4.69, 9.17) is 4.74 Å². The number of methoxy groups -OCH3 is 1. The molecule has 0 saturated carbocycles. The molecule has 5 heteroatoms. The predicted molar refractivity (Wildman–Crippen MR) is 67.7 cm³/mol. The first-order chi connectivity index (χ1) is 7.74. The molecule has 16 heavy (non-hydrogen) atoms. The summed E-state index contributed by atoms with van der Waals surface area (Å²) in [4.78, 5) is 5.14. The first-order valence-electron chi connectivity index (χ1n) is 4.65. The Morgan fingerprint density at radius 1 is 1.50 bits per heavy atom. The van der Waals surface area contributed by atoms with Gasteiger partial charge in [-0.25, -0.2) is 4.98 Å². The largest absolute Gasteiger partial charge is 0.473 e. The van der Waals surface area contributed by atoms with Gasteiger partial charge in [-0.1, -0.05) is 39.4 Å². The zero-order valence-electron chi connectivity index (χ0n) is 8.61. The van der Waals surface area contributed by atoms with Crippen LogP contribution in [0.3, 0.4) is 0 Å². The highest BCUT2D eigenvalue weighted by molar-refractivity contribution is 9.10. The molecule has 0 amide bonds. The summed E-state index contributed by atoms with van der Waals surface area (Å²) in [6.07, 6.45) is 0. The van der Waals surface area contributed by atoms with Gasteiger partial charge >= 0.3 is 0 Å². The SMILES string of the molecule is COc1nc(-c2cccc(Br)c2)c(CO)s1. The molecule has 1 heterocycles. The summed E-state index contributed by atoms with van der Waals surface area (Å²) >= 11 is 4.77. The van der Waals surface area contributed by atoms with Gasteiger partial charge in [0.25, 0.3) is 5.19 Å². The zero-order chi connectivity index (χ0) is 11.5. The van der Waals surface area contributed by atoms with E-state index in [0.717, 1.165) is 20.6 Å². The molecular formula is C11H10BrNO2S. The predicted octanol–water partition coefficient (Wildman–Crippen LogP) is 3.07. The van der Waals surface area contributed by atoms with E-state index in [1.165, 1.54) is 11.3 Å². The topological polar surface area (TPSA) is 42.4 Å². The van der Waals surface area contributed by atoms with Crippen LogP contribution >= 0.6 is 27.3 Å². The maximum atomic E-state index is 9.26. The van der Waals surface area contributed by atoms with Crippen LogP contribution in [0.1, 0.15) is 4.88 Å². The smallest absolute Gasteiger partial charge is 0.273 e. The number of rotatable bonds is 3. The third-order valence-electron chi connectivity index (χ3n) is 2.09. The van der Waals surface area contributed by atoms with E-state index in [9.17, 15) is 5.11 Å². The second kappa shape index (κ2) is 4.95. The van der Waals surface area contributed by atoms with Crippen molar-refractivity contribution < 1.29 is 9.84 Å². The average Bonchev–Trinajstić information content (AvgIpc) is 2.72. The van der Waals surface area contributed by atoms with Gasteiger partial charge in [0, 0.05) is 10.0 Å². The van der Waals surface area contributed by atoms with Crippen molar-refractivity contribution in [1.29, 1.82) is 0 Å². The number of aromatic nitrogens is 1. The maximum absolute atomic E-state index is 9.26. The molecule has 0 unspecified atom stereocenters. The number of aliphatic hydroxyl groups excluding tert-OH is 1. The first kappa shape index (κ1) is 11.6. The summed E-state index contributed by atoms with van der Waals surface area (Å²) < 4.78 is 6.06. The van der Waals surface area contributed by atoms with Crippen LogP contribution < -0.4 is 4.74 Å². The molecule has 0 saturated heterocycles. The van der Waals surface area contributed by atoms with Crippen LogP contribution in [0.5, 0.6) is 5.19 Å². The molecule has 0 atom stereocenters. The summed E-state index contributed by atoms with van der Waals surface area (Å²) in [5, 5.41) is 9.83. The van der Waals surface area contributed by atoms with E-state index in [1.54, 1.807) is 7.11 Å². The van der Waals surface area contributed by atoms with Crippen LogP contribution in [0.2, 0.25) is 0 Å². The van der Waals surface area contributed by atoms with Gasteiger partial charge in [0.15, 0.2) is 0 Å². The Bertz CT molecular complexity index is 498. The van der Waals surface area contributed by atoms with Crippen LogP contribution in [0.4, 0.5) is 0 Å². The minimum Gasteiger partial charge on any atom is -0.473 e. The average molecular weight is 300 g/mol. The quantitative estimate of drug-likeness (QED) is 0.947. The fraction of sp³-hybridized carbons (Fsp3) is 0.182. The number of thiazole rings is 1. The molecule has 0 bridgehead atoms. The van der Waals surface area contributed by atoms with Gasteiger partial charge in [-0.2, -0.15) is 0 Å². The normalized spacial score (nSPS) is 10.4. The molecule has 1 N–H and O–H groups in total. The van der Waals surface area contributed by atoms with Crippen molar-refractivity contribution in [2.45, 2.75) is 6.61 Å². The minimum absolute atomic E-state index is 0.0249. The van der Waals surface area contributed by atoms with Gasteiger partial charge in [0.05, 0.1) is 24.3 Å². The van der Waals surface area contributed by atoms with E-state index >= 15 is 0 Å². The lowest BCUT2D eigenvalue weighted by Gasteiger charge is -1.99. The van der Waals surface area contributed by atoms with E-state index in [0.29, 0.717) is 5.19 Å². The first-order valence-corrected chi connectivity index (χ1v) is 6.26. The molecule has 0 spiro atoms. The van der Waals surface area contributed by atoms with Crippen molar-refractivity contribution in [3.8, 4) is 16.5 Å². The van der Waals surface area contributed by atoms with E-state index in [-0.39, 0.29) is 6.61 Å². The molecule has 1 aromatic carbocycles. The summed E-state index contributed by atoms with van der Waals surface area (Å²) in [7, 11) is 1.57. The number of aliphatic hydroxyl groups is 1. The fourth-order valence-corrected chi connectivity index (χ4v) is 2.54. The number of benzene rings is 1. The molecule has 0 aliphatic rings. The second-order valence-corrected chi connectivity index (χ2v) is 5.09. The number of halogens is 1. The lowest BCUT2D eigenvalue weighted by Crippen LogP contribution is -1.85. The molecule has 0 aliphatic heterocycles. The lowest BCUT2D eigenvalue weighted by atomic mass is 10.1. The molecule has 3 nitrogen and oxygen atoms in total. The number of hydrogen-bond donors (Lipinski definition) is 1. The van der Waals surface area contributed by atoms with Crippen molar-refractivity contribution in [2.75, 3.05) is 7.11 Å². The number of nitrogens with zero attached hydrogens (tertiary/aromatic N) is 1. The third-order valence-corrected chi connectivity index (χ3v) is 3.59. The zero-order valence-corrected chi connectivity index (χ0v) is 11.0. The van der Waals surface area contributed by atoms with E-state index < -0.39 is 0 Å². The second-order valence-electron chi connectivity index (χ2n) is 3.12. The summed E-state index contributed by atoms with van der Waals surface area (Å²) in [5.74, 6) is 0. The fourth-order valence-electron chi connectivity index (χ4n) is 1.39. The van der Waals surface area contributed by atoms with E-state index in [2.05, 4.69) is 20.9 Å². The van der Waals surface area contributed by atoms with Gasteiger partial charge in [-0.15, -0.1) is 0 Å². The Hall–Kier alpha value is -0.910. The lowest BCUT2D eigenvalue weighted by molar-refractivity contribution is 0.286. The highest BCUT2D eigenvalue weighted by Gasteiger charge is 2.12. The van der Waals surface area contributed by atoms with Crippen LogP contribution in [-0.2, 0) is 6.61 Å². The highest BCUT2D eigenvalue weighted by Crippen LogP contribution is 2.33. The standard InChI is InChI=1S/C11H10BrNO2S/c1-15-11-13-10(9(6-14)16-11)7-3-2-4-8(12)5-7/h2-5,14H,6H2,1H3. The Morgan fingerprint density at radius 3 is 2.94 bits per heavy atom. The van der Waals surface area contributed by atoms with Crippen LogP contribution in [0.25, 0.3) is 11.3 Å². The van der Waals surface area contributed by atoms with E-state index in [1.807, 2.05) is 24.3 Å². The van der Waals surface area contributed by atoms with Gasteiger partial charge in [0.1, 0.15) is 0 Å². The van der Waals surface area contributed by atoms with Crippen molar-refractivity contribution in [3.05, 3.63) is 33.6 Å². The molecule has 84 valence electrons. The summed E-state index contributed by atoms with van der Waals surface area (Å²) in [5.41, 5.74) is 1.75. The monoisotopic (exact) mass is 299 g/mol. The van der Waals surface area contributed by atoms with Crippen molar-refractivity contribution in [1.82, 2.24) is 4.98 Å². The van der Waals surface area contributed by atoms with Gasteiger partial charge in [-0.05, 0) is 12.1 Å². The van der Waals surface area contributed by atoms with Crippen molar-refractivity contribution >= 4 is 27.3 Å².